The van der Waals surface area contributed by atoms with E-state index in [1.165, 1.54) is 29.3 Å². The van der Waals surface area contributed by atoms with Gasteiger partial charge in [-0.05, 0) is 36.3 Å². The molecule has 0 saturated heterocycles. The van der Waals surface area contributed by atoms with Gasteiger partial charge in [0.15, 0.2) is 5.78 Å². The van der Waals surface area contributed by atoms with E-state index in [0.29, 0.717) is 18.2 Å². The van der Waals surface area contributed by atoms with E-state index in [4.69, 9.17) is 0 Å². The number of hydrogen-bond acceptors (Lipinski definition) is 1. The Labute approximate surface area is 114 Å². The lowest BCUT2D eigenvalue weighted by Crippen LogP contribution is -2.17. The maximum absolute atomic E-state index is 12.3. The fourth-order valence-electron chi connectivity index (χ4n) is 3.30. The van der Waals surface area contributed by atoms with Crippen molar-refractivity contribution in [3.63, 3.8) is 0 Å². The summed E-state index contributed by atoms with van der Waals surface area (Å²) in [6.07, 6.45) is 7.72. The molecule has 0 aliphatic heterocycles. The molecule has 1 heterocycles. The van der Waals surface area contributed by atoms with Gasteiger partial charge < -0.3 is 4.57 Å². The van der Waals surface area contributed by atoms with E-state index >= 15 is 0 Å². The Balaban J connectivity index is 1.90. The van der Waals surface area contributed by atoms with Gasteiger partial charge in [-0.25, -0.2) is 0 Å². The lowest BCUT2D eigenvalue weighted by molar-refractivity contribution is -0.123. The van der Waals surface area contributed by atoms with Crippen LogP contribution in [0.4, 0.5) is 0 Å². The molecule has 1 aliphatic rings. The van der Waals surface area contributed by atoms with Crippen LogP contribution in [-0.4, -0.2) is 10.4 Å². The van der Waals surface area contributed by atoms with Crippen molar-refractivity contribution >= 4 is 16.7 Å². The summed E-state index contributed by atoms with van der Waals surface area (Å²) in [7, 11) is 0. The lowest BCUT2D eigenvalue weighted by atomic mass is 10.0. The van der Waals surface area contributed by atoms with Gasteiger partial charge in [0.1, 0.15) is 0 Å². The molecular formula is C17H21NO. The molecule has 1 aliphatic carbocycles. The number of nitrogens with zero attached hydrogens (tertiary/aromatic N) is 1. The summed E-state index contributed by atoms with van der Waals surface area (Å²) < 4.78 is 2.15. The van der Waals surface area contributed by atoms with Gasteiger partial charge in [-0.1, -0.05) is 38.0 Å². The molecule has 0 amide bonds. The first-order chi connectivity index (χ1) is 9.29. The van der Waals surface area contributed by atoms with Crippen molar-refractivity contribution < 1.29 is 4.79 Å². The third kappa shape index (κ3) is 2.32. The molecular weight excluding hydrogens is 234 g/mol. The largest absolute Gasteiger partial charge is 0.340 e. The van der Waals surface area contributed by atoms with Gasteiger partial charge in [0.05, 0.1) is 12.1 Å². The van der Waals surface area contributed by atoms with Crippen LogP contribution in [0.1, 0.15) is 38.2 Å². The summed E-state index contributed by atoms with van der Waals surface area (Å²) in [5.74, 6) is 0.729. The predicted molar refractivity (Wildman–Crippen MR) is 78.3 cm³/mol. The molecule has 2 aromatic rings. The summed E-state index contributed by atoms with van der Waals surface area (Å²) >= 11 is 0. The average Bonchev–Trinajstić information content (AvgIpc) is 3.08. The number of para-hydroxylation sites is 1. The van der Waals surface area contributed by atoms with Crippen molar-refractivity contribution in [1.29, 1.82) is 0 Å². The number of carbonyl (C=O) groups is 1. The highest BCUT2D eigenvalue weighted by Gasteiger charge is 2.23. The minimum atomic E-state index is 0.311. The van der Waals surface area contributed by atoms with Gasteiger partial charge >= 0.3 is 0 Å². The molecule has 1 aromatic heterocycles. The topological polar surface area (TPSA) is 22.0 Å². The van der Waals surface area contributed by atoms with Crippen LogP contribution in [0.2, 0.25) is 0 Å². The van der Waals surface area contributed by atoms with Crippen molar-refractivity contribution in [3.8, 4) is 0 Å². The molecule has 3 rings (SSSR count). The van der Waals surface area contributed by atoms with Crippen LogP contribution < -0.4 is 0 Å². The Morgan fingerprint density at radius 3 is 2.79 bits per heavy atom. The molecule has 100 valence electrons. The third-order valence-corrected chi connectivity index (χ3v) is 4.39. The number of aromatic nitrogens is 1. The zero-order valence-electron chi connectivity index (χ0n) is 11.6. The summed E-state index contributed by atoms with van der Waals surface area (Å²) in [5, 5.41) is 1.25. The van der Waals surface area contributed by atoms with Gasteiger partial charge in [-0.3, -0.25) is 4.79 Å². The first-order valence-corrected chi connectivity index (χ1v) is 7.39. The monoisotopic (exact) mass is 255 g/mol. The van der Waals surface area contributed by atoms with E-state index in [-0.39, 0.29) is 0 Å². The number of carbonyl (C=O) groups excluding carboxylic acids is 1. The van der Waals surface area contributed by atoms with Crippen LogP contribution in [-0.2, 0) is 17.8 Å². The van der Waals surface area contributed by atoms with Crippen molar-refractivity contribution in [2.24, 2.45) is 5.92 Å². The molecule has 1 saturated carbocycles. The summed E-state index contributed by atoms with van der Waals surface area (Å²) in [5.41, 5.74) is 2.58. The average molecular weight is 255 g/mol. The number of ketones is 1. The quantitative estimate of drug-likeness (QED) is 0.810. The van der Waals surface area contributed by atoms with E-state index < -0.39 is 0 Å². The molecule has 2 nitrogen and oxygen atoms in total. The molecule has 1 aromatic carbocycles. The van der Waals surface area contributed by atoms with E-state index in [9.17, 15) is 4.79 Å². The number of hydrogen-bond donors (Lipinski definition) is 0. The minimum absolute atomic E-state index is 0.311. The molecule has 0 spiro atoms. The second-order valence-electron chi connectivity index (χ2n) is 5.60. The standard InChI is InChI=1S/C17H21NO/c1-2-13-8-5-9-15-10-11-18(17(13)15)12-16(19)14-6-3-4-7-14/h5,8-11,14H,2-4,6-7,12H2,1H3. The molecule has 0 bridgehead atoms. The zero-order valence-corrected chi connectivity index (χ0v) is 11.6. The van der Waals surface area contributed by atoms with Crippen molar-refractivity contribution in [2.75, 3.05) is 0 Å². The fourth-order valence-corrected chi connectivity index (χ4v) is 3.30. The van der Waals surface area contributed by atoms with E-state index in [1.54, 1.807) is 0 Å². The maximum Gasteiger partial charge on any atom is 0.155 e. The number of fused-ring (bicyclic) bond motifs is 1. The summed E-state index contributed by atoms with van der Waals surface area (Å²) in [4.78, 5) is 12.3. The van der Waals surface area contributed by atoms with Gasteiger partial charge in [-0.2, -0.15) is 0 Å². The van der Waals surface area contributed by atoms with Crippen LogP contribution in [0, 0.1) is 5.92 Å². The Morgan fingerprint density at radius 2 is 2.05 bits per heavy atom. The molecule has 0 N–H and O–H groups in total. The van der Waals surface area contributed by atoms with E-state index in [2.05, 4.69) is 42.0 Å². The van der Waals surface area contributed by atoms with Crippen LogP contribution in [0.5, 0.6) is 0 Å². The van der Waals surface area contributed by atoms with Crippen LogP contribution in [0.25, 0.3) is 10.9 Å². The molecule has 0 unspecified atom stereocenters. The Bertz CT molecular complexity index is 590. The zero-order chi connectivity index (χ0) is 13.2. The van der Waals surface area contributed by atoms with Crippen molar-refractivity contribution in [3.05, 3.63) is 36.0 Å². The fraction of sp³-hybridized carbons (Fsp3) is 0.471. The normalized spacial score (nSPS) is 16.3. The second kappa shape index (κ2) is 5.20. The smallest absolute Gasteiger partial charge is 0.155 e. The molecule has 0 radical (unpaired) electrons. The Kier molecular flexibility index (Phi) is 3.41. The maximum atomic E-state index is 12.3. The highest BCUT2D eigenvalue weighted by atomic mass is 16.1. The summed E-state index contributed by atoms with van der Waals surface area (Å²) in [6, 6.07) is 8.52. The number of aryl methyl sites for hydroxylation is 1. The van der Waals surface area contributed by atoms with E-state index in [0.717, 1.165) is 19.3 Å². The predicted octanol–water partition coefficient (Wildman–Crippen LogP) is 3.96. The first kappa shape index (κ1) is 12.5. The number of benzene rings is 1. The molecule has 0 atom stereocenters. The van der Waals surface area contributed by atoms with Crippen LogP contribution in [0.3, 0.4) is 0 Å². The highest BCUT2D eigenvalue weighted by Crippen LogP contribution is 2.27. The van der Waals surface area contributed by atoms with Gasteiger partial charge in [0.25, 0.3) is 0 Å². The second-order valence-corrected chi connectivity index (χ2v) is 5.60. The SMILES string of the molecule is CCc1cccc2ccn(CC(=O)C3CCCC3)c12. The third-order valence-electron chi connectivity index (χ3n) is 4.39. The van der Waals surface area contributed by atoms with Gasteiger partial charge in [-0.15, -0.1) is 0 Å². The number of rotatable bonds is 4. The highest BCUT2D eigenvalue weighted by molar-refractivity contribution is 5.87. The van der Waals surface area contributed by atoms with Gasteiger partial charge in [0, 0.05) is 12.1 Å². The molecule has 2 heteroatoms. The van der Waals surface area contributed by atoms with Crippen molar-refractivity contribution in [2.45, 2.75) is 45.6 Å². The summed E-state index contributed by atoms with van der Waals surface area (Å²) in [6.45, 7) is 2.72. The van der Waals surface area contributed by atoms with E-state index in [1.807, 2.05) is 0 Å². The first-order valence-electron chi connectivity index (χ1n) is 7.39. The minimum Gasteiger partial charge on any atom is -0.340 e. The van der Waals surface area contributed by atoms with Gasteiger partial charge in [0.2, 0.25) is 0 Å². The van der Waals surface area contributed by atoms with Crippen molar-refractivity contribution in [1.82, 2.24) is 4.57 Å². The Hall–Kier alpha value is -1.57. The number of Topliss-reactive ketones (excluding diaryl/α,β-unsaturated/α-hetero) is 1. The Morgan fingerprint density at radius 1 is 1.26 bits per heavy atom. The van der Waals surface area contributed by atoms with Crippen LogP contribution >= 0.6 is 0 Å². The molecule has 1 fully saturated rings. The molecule has 19 heavy (non-hydrogen) atoms. The van der Waals surface area contributed by atoms with Crippen LogP contribution in [0.15, 0.2) is 30.5 Å². The lowest BCUT2D eigenvalue weighted by Gasteiger charge is -2.11.